The molecular formula is C15H18N4. The first-order valence-electron chi connectivity index (χ1n) is 6.38. The van der Waals surface area contributed by atoms with Crippen molar-refractivity contribution in [3.05, 3.63) is 40.7 Å². The minimum atomic E-state index is 0.653. The fourth-order valence-corrected chi connectivity index (χ4v) is 2.38. The van der Waals surface area contributed by atoms with Crippen LogP contribution < -0.4 is 5.32 Å². The highest BCUT2D eigenvalue weighted by Gasteiger charge is 2.16. The van der Waals surface area contributed by atoms with Crippen LogP contribution in [-0.4, -0.2) is 31.3 Å². The lowest BCUT2D eigenvalue weighted by molar-refractivity contribution is 0.337. The first-order valence-corrected chi connectivity index (χ1v) is 6.38. The largest absolute Gasteiger partial charge is 0.371 e. The average molecular weight is 254 g/mol. The Hall–Kier alpha value is -2.28. The summed E-state index contributed by atoms with van der Waals surface area (Å²) < 4.78 is 0. The third kappa shape index (κ3) is 2.60. The van der Waals surface area contributed by atoms with E-state index in [9.17, 15) is 0 Å². The van der Waals surface area contributed by atoms with Gasteiger partial charge in [-0.15, -0.1) is 0 Å². The number of hydrogen-bond acceptors (Lipinski definition) is 4. The van der Waals surface area contributed by atoms with E-state index >= 15 is 0 Å². The van der Waals surface area contributed by atoms with Gasteiger partial charge in [-0.3, -0.25) is 0 Å². The zero-order valence-electron chi connectivity index (χ0n) is 11.3. The number of hydrogen-bond donors (Lipinski definition) is 2. The van der Waals surface area contributed by atoms with Gasteiger partial charge in [0.05, 0.1) is 11.6 Å². The van der Waals surface area contributed by atoms with Gasteiger partial charge < -0.3 is 15.6 Å². The van der Waals surface area contributed by atoms with E-state index in [1.807, 2.05) is 26.1 Å². The molecule has 1 aliphatic heterocycles. The Kier molecular flexibility index (Phi) is 3.86. The molecule has 98 valence electrons. The summed E-state index contributed by atoms with van der Waals surface area (Å²) in [6.07, 6.45) is 2.50. The quantitative estimate of drug-likeness (QED) is 0.794. The molecule has 4 heteroatoms. The predicted octanol–water partition coefficient (Wildman–Crippen LogP) is 2.11. The minimum absolute atomic E-state index is 0.653. The molecule has 1 heterocycles. The Morgan fingerprint density at radius 2 is 2.32 bits per heavy atom. The molecule has 4 nitrogen and oxygen atoms in total. The molecule has 0 saturated carbocycles. The number of nitrogens with zero attached hydrogens (tertiary/aromatic N) is 2. The monoisotopic (exact) mass is 254 g/mol. The Morgan fingerprint density at radius 3 is 2.89 bits per heavy atom. The highest BCUT2D eigenvalue weighted by atomic mass is 15.2. The van der Waals surface area contributed by atoms with Crippen molar-refractivity contribution in [3.63, 3.8) is 0 Å². The molecule has 0 aliphatic carbocycles. The lowest BCUT2D eigenvalue weighted by atomic mass is 9.98. The molecule has 1 saturated heterocycles. The smallest absolute Gasteiger partial charge is 0.111 e. The van der Waals surface area contributed by atoms with E-state index in [0.717, 1.165) is 42.0 Å². The van der Waals surface area contributed by atoms with E-state index in [1.165, 1.54) is 6.21 Å². The summed E-state index contributed by atoms with van der Waals surface area (Å²) >= 11 is 0. The normalized spacial score (nSPS) is 17.4. The van der Waals surface area contributed by atoms with E-state index in [-0.39, 0.29) is 0 Å². The third-order valence-corrected chi connectivity index (χ3v) is 3.39. The van der Waals surface area contributed by atoms with Crippen LogP contribution in [-0.2, 0) is 0 Å². The highest BCUT2D eigenvalue weighted by Crippen LogP contribution is 2.23. The van der Waals surface area contributed by atoms with Gasteiger partial charge in [0.2, 0.25) is 0 Å². The highest BCUT2D eigenvalue weighted by molar-refractivity contribution is 6.09. The van der Waals surface area contributed by atoms with Crippen molar-refractivity contribution < 1.29 is 0 Å². The second-order valence-corrected chi connectivity index (χ2v) is 4.75. The molecular weight excluding hydrogens is 236 g/mol. The maximum absolute atomic E-state index is 8.91. The topological polar surface area (TPSA) is 62.9 Å². The molecule has 0 unspecified atom stereocenters. The van der Waals surface area contributed by atoms with Gasteiger partial charge in [-0.2, -0.15) is 5.26 Å². The minimum Gasteiger partial charge on any atom is -0.371 e. The molecule has 19 heavy (non-hydrogen) atoms. The molecule has 1 fully saturated rings. The second-order valence-electron chi connectivity index (χ2n) is 4.75. The van der Waals surface area contributed by atoms with E-state index in [4.69, 9.17) is 10.7 Å². The van der Waals surface area contributed by atoms with Crippen LogP contribution in [0.4, 0.5) is 0 Å². The number of aryl methyl sites for hydroxylation is 1. The van der Waals surface area contributed by atoms with Crippen molar-refractivity contribution in [1.82, 2.24) is 10.2 Å². The van der Waals surface area contributed by atoms with E-state index in [1.54, 1.807) is 6.07 Å². The number of rotatable bonds is 2. The van der Waals surface area contributed by atoms with Gasteiger partial charge in [0.1, 0.15) is 5.82 Å². The maximum Gasteiger partial charge on any atom is 0.111 e. The standard InChI is InChI=1S/C15H18N4/c1-11-8-12(9-16)4-5-13(11)14(10-17)15-18-6-3-7-19(15)2/h4-5,8,10,17-18H,3,6-7H2,1-2H3/b15-14-,17-10?. The average Bonchev–Trinajstić information content (AvgIpc) is 2.43. The van der Waals surface area contributed by atoms with Gasteiger partial charge in [-0.1, -0.05) is 6.07 Å². The van der Waals surface area contributed by atoms with Crippen LogP contribution in [0.25, 0.3) is 5.57 Å². The molecule has 1 aromatic carbocycles. The number of benzene rings is 1. The van der Waals surface area contributed by atoms with Crippen molar-refractivity contribution >= 4 is 11.8 Å². The van der Waals surface area contributed by atoms with Crippen LogP contribution in [0.5, 0.6) is 0 Å². The second kappa shape index (κ2) is 5.57. The molecule has 2 rings (SSSR count). The zero-order valence-corrected chi connectivity index (χ0v) is 11.3. The lowest BCUT2D eigenvalue weighted by Gasteiger charge is -2.31. The summed E-state index contributed by atoms with van der Waals surface area (Å²) in [5.41, 5.74) is 3.56. The van der Waals surface area contributed by atoms with Gasteiger partial charge in [-0.25, -0.2) is 0 Å². The predicted molar refractivity (Wildman–Crippen MR) is 76.8 cm³/mol. The van der Waals surface area contributed by atoms with Crippen LogP contribution in [0.15, 0.2) is 24.0 Å². The molecule has 0 spiro atoms. The maximum atomic E-state index is 8.91. The Labute approximate surface area is 113 Å². The van der Waals surface area contributed by atoms with Crippen LogP contribution >= 0.6 is 0 Å². The summed E-state index contributed by atoms with van der Waals surface area (Å²) in [7, 11) is 2.03. The fraction of sp³-hybridized carbons (Fsp3) is 0.333. The van der Waals surface area contributed by atoms with Gasteiger partial charge >= 0.3 is 0 Å². The van der Waals surface area contributed by atoms with Gasteiger partial charge in [-0.05, 0) is 36.6 Å². The third-order valence-electron chi connectivity index (χ3n) is 3.39. The Bertz CT molecular complexity index is 566. The number of nitrogens with one attached hydrogen (secondary N) is 2. The van der Waals surface area contributed by atoms with Crippen molar-refractivity contribution in [2.75, 3.05) is 20.1 Å². The van der Waals surface area contributed by atoms with E-state index in [0.29, 0.717) is 5.56 Å². The zero-order chi connectivity index (χ0) is 13.8. The van der Waals surface area contributed by atoms with Crippen molar-refractivity contribution in [2.45, 2.75) is 13.3 Å². The lowest BCUT2D eigenvalue weighted by Crippen LogP contribution is -2.37. The fourth-order valence-electron chi connectivity index (χ4n) is 2.38. The Balaban J connectivity index is 2.50. The molecule has 0 bridgehead atoms. The summed E-state index contributed by atoms with van der Waals surface area (Å²) in [4.78, 5) is 2.14. The van der Waals surface area contributed by atoms with Gasteiger partial charge in [0.15, 0.2) is 0 Å². The molecule has 2 N–H and O–H groups in total. The Morgan fingerprint density at radius 1 is 1.53 bits per heavy atom. The summed E-state index contributed by atoms with van der Waals surface area (Å²) in [6.45, 7) is 3.91. The molecule has 0 amide bonds. The van der Waals surface area contributed by atoms with Crippen LogP contribution in [0.1, 0.15) is 23.1 Å². The SMILES string of the molecule is Cc1cc(C#N)ccc1/C(C=N)=C1/NCCCN1C. The van der Waals surface area contributed by atoms with Crippen molar-refractivity contribution in [3.8, 4) is 6.07 Å². The van der Waals surface area contributed by atoms with Crippen LogP contribution in [0.3, 0.4) is 0 Å². The molecule has 0 atom stereocenters. The van der Waals surface area contributed by atoms with Gasteiger partial charge in [0.25, 0.3) is 0 Å². The molecule has 1 aromatic rings. The summed E-state index contributed by atoms with van der Waals surface area (Å²) in [6, 6.07) is 7.73. The van der Waals surface area contributed by atoms with E-state index in [2.05, 4.69) is 16.3 Å². The summed E-state index contributed by atoms with van der Waals surface area (Å²) in [5, 5.41) is 20.0. The molecule has 0 aromatic heterocycles. The molecule has 0 radical (unpaired) electrons. The van der Waals surface area contributed by atoms with Crippen molar-refractivity contribution in [2.24, 2.45) is 0 Å². The number of nitriles is 1. The number of allylic oxidation sites excluding steroid dienone is 1. The first-order chi connectivity index (χ1) is 9.17. The van der Waals surface area contributed by atoms with Gasteiger partial charge in [0, 0.05) is 31.9 Å². The van der Waals surface area contributed by atoms with Crippen LogP contribution in [0, 0.1) is 23.7 Å². The van der Waals surface area contributed by atoms with E-state index < -0.39 is 0 Å². The molecule has 1 aliphatic rings. The van der Waals surface area contributed by atoms with Crippen LogP contribution in [0.2, 0.25) is 0 Å². The summed E-state index contributed by atoms with van der Waals surface area (Å²) in [5.74, 6) is 0.994. The van der Waals surface area contributed by atoms with Crippen molar-refractivity contribution in [1.29, 1.82) is 10.7 Å². The first kappa shape index (κ1) is 13.2.